The molecule has 20 heavy (non-hydrogen) atoms. The third-order valence-electron chi connectivity index (χ3n) is 2.86. The number of hydrogen-bond donors (Lipinski definition) is 1. The van der Waals surface area contributed by atoms with Gasteiger partial charge in [0, 0.05) is 43.6 Å². The van der Waals surface area contributed by atoms with Crippen molar-refractivity contribution in [3.8, 4) is 0 Å². The Labute approximate surface area is 130 Å². The molecule has 0 atom stereocenters. The number of benzene rings is 1. The van der Waals surface area contributed by atoms with Gasteiger partial charge in [0.2, 0.25) is 5.91 Å². The minimum atomic E-state index is -0.0352. The van der Waals surface area contributed by atoms with E-state index in [4.69, 9.17) is 11.6 Å². The summed E-state index contributed by atoms with van der Waals surface area (Å²) >= 11 is 5.76. The minimum Gasteiger partial charge on any atom is -0.344 e. The number of rotatable bonds is 7. The lowest BCUT2D eigenvalue weighted by molar-refractivity contribution is -0.129. The van der Waals surface area contributed by atoms with Gasteiger partial charge in [0.1, 0.15) is 0 Å². The van der Waals surface area contributed by atoms with Gasteiger partial charge in [-0.2, -0.15) is 0 Å². The summed E-state index contributed by atoms with van der Waals surface area (Å²) in [4.78, 5) is 25.3. The monoisotopic (exact) mass is 318 g/mol. The van der Waals surface area contributed by atoms with E-state index >= 15 is 0 Å². The molecule has 1 aromatic carbocycles. The van der Waals surface area contributed by atoms with Gasteiger partial charge in [0.15, 0.2) is 5.78 Å². The van der Waals surface area contributed by atoms with Crippen molar-refractivity contribution in [3.63, 3.8) is 0 Å². The van der Waals surface area contributed by atoms with Gasteiger partial charge < -0.3 is 10.2 Å². The molecule has 0 aromatic heterocycles. The fourth-order valence-corrected chi connectivity index (χ4v) is 1.72. The second-order valence-electron chi connectivity index (χ2n) is 4.35. The summed E-state index contributed by atoms with van der Waals surface area (Å²) in [6.45, 7) is 1.39. The van der Waals surface area contributed by atoms with Gasteiger partial charge in [-0.1, -0.05) is 11.6 Å². The van der Waals surface area contributed by atoms with E-state index in [0.717, 1.165) is 6.54 Å². The Bertz CT molecular complexity index is 435. The van der Waals surface area contributed by atoms with Gasteiger partial charge >= 0.3 is 0 Å². The second kappa shape index (κ2) is 9.75. The SMILES string of the molecule is CNCCN(C)C(=O)CCC(=O)c1ccc(Cl)cc1.Cl. The Kier molecular flexibility index (Phi) is 9.21. The van der Waals surface area contributed by atoms with Crippen LogP contribution in [0.4, 0.5) is 0 Å². The number of carbonyl (C=O) groups excluding carboxylic acids is 2. The fraction of sp³-hybridized carbons (Fsp3) is 0.429. The van der Waals surface area contributed by atoms with Crippen LogP contribution in [0.3, 0.4) is 0 Å². The van der Waals surface area contributed by atoms with E-state index in [1.165, 1.54) is 0 Å². The average molecular weight is 319 g/mol. The van der Waals surface area contributed by atoms with Gasteiger partial charge in [-0.15, -0.1) is 12.4 Å². The van der Waals surface area contributed by atoms with E-state index in [0.29, 0.717) is 17.1 Å². The molecule has 1 rings (SSSR count). The molecular formula is C14H20Cl2N2O2. The first-order chi connectivity index (χ1) is 9.04. The van der Waals surface area contributed by atoms with Gasteiger partial charge in [0.05, 0.1) is 0 Å². The minimum absolute atomic E-state index is 0. The molecule has 1 aromatic rings. The molecule has 0 radical (unpaired) electrons. The third-order valence-corrected chi connectivity index (χ3v) is 3.11. The van der Waals surface area contributed by atoms with Crippen molar-refractivity contribution in [2.75, 3.05) is 27.2 Å². The molecule has 112 valence electrons. The summed E-state index contributed by atoms with van der Waals surface area (Å²) in [5.41, 5.74) is 0.593. The van der Waals surface area contributed by atoms with Crippen molar-refractivity contribution < 1.29 is 9.59 Å². The third kappa shape index (κ3) is 6.37. The molecule has 6 heteroatoms. The van der Waals surface area contributed by atoms with Crippen LogP contribution in [0.1, 0.15) is 23.2 Å². The molecule has 0 fully saturated rings. The molecule has 0 aliphatic carbocycles. The van der Waals surface area contributed by atoms with Crippen molar-refractivity contribution >= 4 is 35.7 Å². The van der Waals surface area contributed by atoms with Crippen LogP contribution in [0, 0.1) is 0 Å². The molecule has 0 bridgehead atoms. The lowest BCUT2D eigenvalue weighted by Gasteiger charge is -2.16. The first-order valence-corrected chi connectivity index (χ1v) is 6.59. The van der Waals surface area contributed by atoms with Crippen molar-refractivity contribution in [2.45, 2.75) is 12.8 Å². The number of nitrogens with one attached hydrogen (secondary N) is 1. The molecule has 0 aliphatic rings. The standard InChI is InChI=1S/C14H19ClN2O2.ClH/c1-16-9-10-17(2)14(19)8-7-13(18)11-3-5-12(15)6-4-11;/h3-6,16H,7-10H2,1-2H3;1H. The van der Waals surface area contributed by atoms with Crippen molar-refractivity contribution in [3.05, 3.63) is 34.9 Å². The molecule has 0 aliphatic heterocycles. The quantitative estimate of drug-likeness (QED) is 0.785. The highest BCUT2D eigenvalue weighted by atomic mass is 35.5. The molecule has 4 nitrogen and oxygen atoms in total. The lowest BCUT2D eigenvalue weighted by Crippen LogP contribution is -2.32. The zero-order valence-electron chi connectivity index (χ0n) is 11.7. The Hall–Kier alpha value is -1.10. The van der Waals surface area contributed by atoms with Crippen LogP contribution in [0.2, 0.25) is 5.02 Å². The Morgan fingerprint density at radius 3 is 2.35 bits per heavy atom. The smallest absolute Gasteiger partial charge is 0.222 e. The van der Waals surface area contributed by atoms with E-state index in [-0.39, 0.29) is 36.9 Å². The largest absolute Gasteiger partial charge is 0.344 e. The molecule has 0 saturated carbocycles. The van der Waals surface area contributed by atoms with Crippen LogP contribution in [0.25, 0.3) is 0 Å². The zero-order valence-corrected chi connectivity index (χ0v) is 13.3. The second-order valence-corrected chi connectivity index (χ2v) is 4.79. The van der Waals surface area contributed by atoms with E-state index in [1.807, 2.05) is 7.05 Å². The highest BCUT2D eigenvalue weighted by Gasteiger charge is 2.12. The average Bonchev–Trinajstić information content (AvgIpc) is 2.42. The summed E-state index contributed by atoms with van der Waals surface area (Å²) in [5, 5.41) is 3.57. The number of Topliss-reactive ketones (excluding diaryl/α,β-unsaturated/α-hetero) is 1. The summed E-state index contributed by atoms with van der Waals surface area (Å²) < 4.78 is 0. The van der Waals surface area contributed by atoms with Crippen LogP contribution in [0.15, 0.2) is 24.3 Å². The van der Waals surface area contributed by atoms with Crippen molar-refractivity contribution in [1.29, 1.82) is 0 Å². The maximum Gasteiger partial charge on any atom is 0.222 e. The van der Waals surface area contributed by atoms with Gasteiger partial charge in [0.25, 0.3) is 0 Å². The van der Waals surface area contributed by atoms with Crippen molar-refractivity contribution in [2.24, 2.45) is 0 Å². The summed E-state index contributed by atoms with van der Waals surface area (Å²) in [6.07, 6.45) is 0.464. The van der Waals surface area contributed by atoms with Gasteiger partial charge in [-0.05, 0) is 31.3 Å². The first kappa shape index (κ1) is 18.9. The molecule has 0 saturated heterocycles. The van der Waals surface area contributed by atoms with Gasteiger partial charge in [-0.3, -0.25) is 9.59 Å². The summed E-state index contributed by atoms with van der Waals surface area (Å²) in [6, 6.07) is 6.71. The molecular weight excluding hydrogens is 299 g/mol. The van der Waals surface area contributed by atoms with Crippen molar-refractivity contribution in [1.82, 2.24) is 10.2 Å². The van der Waals surface area contributed by atoms with E-state index in [9.17, 15) is 9.59 Å². The predicted molar refractivity (Wildman–Crippen MR) is 83.8 cm³/mol. The highest BCUT2D eigenvalue weighted by Crippen LogP contribution is 2.12. The van der Waals surface area contributed by atoms with Crippen LogP contribution in [-0.2, 0) is 4.79 Å². The maximum atomic E-state index is 11.9. The molecule has 0 heterocycles. The summed E-state index contributed by atoms with van der Waals surface area (Å²) in [5.74, 6) is -0.0513. The maximum absolute atomic E-state index is 11.9. The number of carbonyl (C=O) groups is 2. The highest BCUT2D eigenvalue weighted by molar-refractivity contribution is 6.30. The van der Waals surface area contributed by atoms with Crippen LogP contribution in [-0.4, -0.2) is 43.8 Å². The topological polar surface area (TPSA) is 49.4 Å². The Morgan fingerprint density at radius 2 is 1.80 bits per heavy atom. The molecule has 1 amide bonds. The summed E-state index contributed by atoms with van der Waals surface area (Å²) in [7, 11) is 3.58. The number of amides is 1. The van der Waals surface area contributed by atoms with Crippen LogP contribution < -0.4 is 5.32 Å². The van der Waals surface area contributed by atoms with Crippen LogP contribution >= 0.6 is 24.0 Å². The lowest BCUT2D eigenvalue weighted by atomic mass is 10.1. The zero-order chi connectivity index (χ0) is 14.3. The fourth-order valence-electron chi connectivity index (χ4n) is 1.60. The normalized spacial score (nSPS) is 9.75. The molecule has 1 N–H and O–H groups in total. The van der Waals surface area contributed by atoms with E-state index in [1.54, 1.807) is 36.2 Å². The Balaban J connectivity index is 0.00000361. The van der Waals surface area contributed by atoms with Gasteiger partial charge in [-0.25, -0.2) is 0 Å². The van der Waals surface area contributed by atoms with E-state index in [2.05, 4.69) is 5.32 Å². The number of hydrogen-bond acceptors (Lipinski definition) is 3. The molecule has 0 unspecified atom stereocenters. The van der Waals surface area contributed by atoms with E-state index < -0.39 is 0 Å². The molecule has 0 spiro atoms. The Morgan fingerprint density at radius 1 is 1.20 bits per heavy atom. The number of likely N-dealkylation sites (N-methyl/N-ethyl adjacent to an activating group) is 2. The number of ketones is 1. The first-order valence-electron chi connectivity index (χ1n) is 6.22. The predicted octanol–water partition coefficient (Wildman–Crippen LogP) is 2.40. The van der Waals surface area contributed by atoms with Crippen LogP contribution in [0.5, 0.6) is 0 Å². The number of nitrogens with zero attached hydrogens (tertiary/aromatic N) is 1. The number of halogens is 2.